The molecule has 0 bridgehead atoms. The Balaban J connectivity index is 1.27. The summed E-state index contributed by atoms with van der Waals surface area (Å²) in [5.74, 6) is 0. The quantitative estimate of drug-likeness (QED) is 0.187. The Labute approximate surface area is 273 Å². The molecule has 0 saturated carbocycles. The minimum Gasteiger partial charge on any atom is -0.454 e. The molecule has 0 saturated heterocycles. The lowest BCUT2D eigenvalue weighted by Crippen LogP contribution is -2.16. The van der Waals surface area contributed by atoms with E-state index in [0.717, 1.165) is 39.0 Å². The van der Waals surface area contributed by atoms with Gasteiger partial charge in [-0.05, 0) is 103 Å². The van der Waals surface area contributed by atoms with Crippen LogP contribution in [0, 0.1) is 0 Å². The SMILES string of the molecule is CC1(C)c2cc3ccccc3cc2-c2c1c1ccc(N(c3ccccc3)c3cccc4c3oc3ccccc34)cc1c1ccccc21. The lowest BCUT2D eigenvalue weighted by molar-refractivity contribution is 0.667. The number of fused-ring (bicyclic) bond motifs is 12. The minimum atomic E-state index is -0.155. The van der Waals surface area contributed by atoms with Gasteiger partial charge >= 0.3 is 0 Å². The average Bonchev–Trinajstić information content (AvgIpc) is 3.61. The molecule has 2 heteroatoms. The Morgan fingerprint density at radius 3 is 2.00 bits per heavy atom. The van der Waals surface area contributed by atoms with Crippen LogP contribution in [0.1, 0.15) is 25.0 Å². The molecule has 47 heavy (non-hydrogen) atoms. The Bertz CT molecular complexity index is 2720. The molecule has 1 aliphatic carbocycles. The van der Waals surface area contributed by atoms with Crippen molar-refractivity contribution < 1.29 is 4.42 Å². The van der Waals surface area contributed by atoms with Crippen LogP contribution in [0.25, 0.3) is 65.4 Å². The van der Waals surface area contributed by atoms with Crippen molar-refractivity contribution in [3.05, 3.63) is 163 Å². The molecule has 1 heterocycles. The van der Waals surface area contributed by atoms with Gasteiger partial charge in [0.05, 0.1) is 5.69 Å². The van der Waals surface area contributed by atoms with E-state index in [-0.39, 0.29) is 5.41 Å². The van der Waals surface area contributed by atoms with Crippen LogP contribution in [-0.2, 0) is 5.41 Å². The van der Waals surface area contributed by atoms with Gasteiger partial charge < -0.3 is 9.32 Å². The van der Waals surface area contributed by atoms with Gasteiger partial charge in [-0.1, -0.05) is 117 Å². The second-order valence-electron chi connectivity index (χ2n) is 13.3. The zero-order valence-electron chi connectivity index (χ0n) is 26.3. The van der Waals surface area contributed by atoms with Crippen molar-refractivity contribution in [2.75, 3.05) is 4.90 Å². The highest BCUT2D eigenvalue weighted by atomic mass is 16.3. The summed E-state index contributed by atoms with van der Waals surface area (Å²) < 4.78 is 6.58. The predicted octanol–water partition coefficient (Wildman–Crippen LogP) is 12.8. The summed E-state index contributed by atoms with van der Waals surface area (Å²) in [5, 5.41) is 9.98. The predicted molar refractivity (Wildman–Crippen MR) is 198 cm³/mol. The van der Waals surface area contributed by atoms with E-state index >= 15 is 0 Å². The highest BCUT2D eigenvalue weighted by Gasteiger charge is 2.38. The van der Waals surface area contributed by atoms with Gasteiger partial charge in [0.1, 0.15) is 5.58 Å². The van der Waals surface area contributed by atoms with Crippen LogP contribution in [0.15, 0.2) is 156 Å². The smallest absolute Gasteiger partial charge is 0.159 e. The van der Waals surface area contributed by atoms with Crippen LogP contribution in [0.3, 0.4) is 0 Å². The number of benzene rings is 8. The Morgan fingerprint density at radius 2 is 1.17 bits per heavy atom. The van der Waals surface area contributed by atoms with Crippen LogP contribution in [0.4, 0.5) is 17.1 Å². The lowest BCUT2D eigenvalue weighted by atomic mass is 9.79. The Kier molecular flexibility index (Phi) is 5.37. The zero-order valence-corrected chi connectivity index (χ0v) is 26.3. The first-order chi connectivity index (χ1) is 23.1. The number of hydrogen-bond donors (Lipinski definition) is 0. The third kappa shape index (κ3) is 3.67. The molecule has 222 valence electrons. The van der Waals surface area contributed by atoms with Crippen molar-refractivity contribution >= 4 is 71.3 Å². The summed E-state index contributed by atoms with van der Waals surface area (Å²) in [6, 6.07) is 55.0. The van der Waals surface area contributed by atoms with E-state index in [4.69, 9.17) is 4.42 Å². The summed E-state index contributed by atoms with van der Waals surface area (Å²) >= 11 is 0. The molecule has 0 spiro atoms. The Morgan fingerprint density at radius 1 is 0.489 bits per heavy atom. The molecule has 8 aromatic carbocycles. The van der Waals surface area contributed by atoms with Crippen LogP contribution in [0.2, 0.25) is 0 Å². The van der Waals surface area contributed by atoms with Crippen LogP contribution < -0.4 is 4.90 Å². The van der Waals surface area contributed by atoms with Crippen LogP contribution in [-0.4, -0.2) is 0 Å². The van der Waals surface area contributed by atoms with Gasteiger partial charge in [0.2, 0.25) is 0 Å². The first kappa shape index (κ1) is 26.4. The van der Waals surface area contributed by atoms with Gasteiger partial charge in [0, 0.05) is 27.6 Å². The lowest BCUT2D eigenvalue weighted by Gasteiger charge is -2.27. The van der Waals surface area contributed by atoms with Crippen molar-refractivity contribution in [2.24, 2.45) is 0 Å². The fraction of sp³-hybridized carbons (Fsp3) is 0.0667. The molecule has 0 amide bonds. The maximum Gasteiger partial charge on any atom is 0.159 e. The number of anilines is 3. The number of nitrogens with zero attached hydrogens (tertiary/aromatic N) is 1. The third-order valence-corrected chi connectivity index (χ3v) is 10.4. The van der Waals surface area contributed by atoms with Gasteiger partial charge in [-0.3, -0.25) is 0 Å². The van der Waals surface area contributed by atoms with Crippen molar-refractivity contribution in [3.63, 3.8) is 0 Å². The van der Waals surface area contributed by atoms with E-state index in [9.17, 15) is 0 Å². The first-order valence-corrected chi connectivity index (χ1v) is 16.4. The van der Waals surface area contributed by atoms with E-state index in [2.05, 4.69) is 164 Å². The normalized spacial score (nSPS) is 13.5. The van der Waals surface area contributed by atoms with E-state index < -0.39 is 0 Å². The zero-order chi connectivity index (χ0) is 31.3. The molecule has 9 aromatic rings. The molecule has 1 aromatic heterocycles. The molecule has 10 rings (SSSR count). The maximum atomic E-state index is 6.58. The van der Waals surface area contributed by atoms with Gasteiger partial charge in [-0.25, -0.2) is 0 Å². The number of rotatable bonds is 3. The van der Waals surface area contributed by atoms with Crippen LogP contribution in [0.5, 0.6) is 0 Å². The van der Waals surface area contributed by atoms with Gasteiger partial charge in [-0.15, -0.1) is 0 Å². The summed E-state index contributed by atoms with van der Waals surface area (Å²) in [7, 11) is 0. The van der Waals surface area contributed by atoms with E-state index in [1.54, 1.807) is 0 Å². The van der Waals surface area contributed by atoms with Crippen molar-refractivity contribution in [1.29, 1.82) is 0 Å². The molecule has 1 aliphatic rings. The number of para-hydroxylation sites is 3. The summed E-state index contributed by atoms with van der Waals surface area (Å²) in [5.41, 5.74) is 10.4. The topological polar surface area (TPSA) is 16.4 Å². The van der Waals surface area contributed by atoms with Crippen molar-refractivity contribution in [1.82, 2.24) is 0 Å². The van der Waals surface area contributed by atoms with E-state index in [1.165, 1.54) is 54.6 Å². The summed E-state index contributed by atoms with van der Waals surface area (Å²) in [6.45, 7) is 4.79. The van der Waals surface area contributed by atoms with Gasteiger partial charge in [0.25, 0.3) is 0 Å². The molecule has 0 N–H and O–H groups in total. The largest absolute Gasteiger partial charge is 0.454 e. The molecule has 0 fully saturated rings. The molecular weight excluding hydrogens is 571 g/mol. The first-order valence-electron chi connectivity index (χ1n) is 16.4. The molecular formula is C45H31NO. The van der Waals surface area contributed by atoms with Gasteiger partial charge in [0.15, 0.2) is 5.58 Å². The second-order valence-corrected chi connectivity index (χ2v) is 13.3. The van der Waals surface area contributed by atoms with Crippen molar-refractivity contribution in [3.8, 4) is 11.1 Å². The van der Waals surface area contributed by atoms with Gasteiger partial charge in [-0.2, -0.15) is 0 Å². The summed E-state index contributed by atoms with van der Waals surface area (Å²) in [6.07, 6.45) is 0. The minimum absolute atomic E-state index is 0.155. The average molecular weight is 602 g/mol. The highest BCUT2D eigenvalue weighted by molar-refractivity contribution is 6.20. The third-order valence-electron chi connectivity index (χ3n) is 10.4. The standard InChI is InChI=1S/C45H31NO/c1-45(2)39-26-29-14-7-6-13-28(29)25-38(39)42-34-19-9-8-17-32(34)37-27-31(23-24-35(37)43(42)45)46(30-15-4-3-5-16-30)40-21-12-20-36-33-18-10-11-22-41(33)47-44(36)40/h3-27H,1-2H3. The fourth-order valence-electron chi connectivity index (χ4n) is 8.26. The maximum absolute atomic E-state index is 6.58. The number of hydrogen-bond acceptors (Lipinski definition) is 2. The molecule has 0 aliphatic heterocycles. The van der Waals surface area contributed by atoms with E-state index in [0.29, 0.717) is 0 Å². The molecule has 0 radical (unpaired) electrons. The molecule has 0 atom stereocenters. The molecule has 2 nitrogen and oxygen atoms in total. The summed E-state index contributed by atoms with van der Waals surface area (Å²) in [4.78, 5) is 2.35. The number of furan rings is 1. The fourth-order valence-corrected chi connectivity index (χ4v) is 8.26. The Hall–Kier alpha value is -5.86. The monoisotopic (exact) mass is 601 g/mol. The van der Waals surface area contributed by atoms with Crippen molar-refractivity contribution in [2.45, 2.75) is 19.3 Å². The van der Waals surface area contributed by atoms with Crippen LogP contribution >= 0.6 is 0 Å². The molecule has 0 unspecified atom stereocenters. The highest BCUT2D eigenvalue weighted by Crippen LogP contribution is 2.56. The second kappa shape index (κ2) is 9.57. The van der Waals surface area contributed by atoms with E-state index in [1.807, 2.05) is 6.07 Å².